The summed E-state index contributed by atoms with van der Waals surface area (Å²) < 4.78 is 1.21. The number of hydrogen-bond acceptors (Lipinski definition) is 1. The molecule has 14 heavy (non-hydrogen) atoms. The molecule has 0 unspecified atom stereocenters. The number of rotatable bonds is 3. The maximum Gasteiger partial charge on any atom is 0.248 e. The third-order valence-corrected chi connectivity index (χ3v) is 3.36. The third kappa shape index (κ3) is 2.08. The van der Waals surface area contributed by atoms with Gasteiger partial charge in [0.05, 0.1) is 0 Å². The summed E-state index contributed by atoms with van der Waals surface area (Å²) in [6, 6.07) is 3.78. The molecule has 0 heterocycles. The number of halogens is 1. The number of benzene rings is 1. The van der Waals surface area contributed by atoms with E-state index in [-0.39, 0.29) is 5.91 Å². The van der Waals surface area contributed by atoms with Crippen LogP contribution in [0.5, 0.6) is 0 Å². The Morgan fingerprint density at radius 2 is 1.86 bits per heavy atom. The van der Waals surface area contributed by atoms with Crippen molar-refractivity contribution in [3.05, 3.63) is 32.4 Å². The number of carbonyl (C=O) groups excluding carboxylic acids is 1. The molecule has 2 N–H and O–H groups in total. The molecule has 1 aromatic carbocycles. The van der Waals surface area contributed by atoms with Crippen molar-refractivity contribution in [1.29, 1.82) is 0 Å². The molecule has 0 aromatic heterocycles. The molecule has 1 aromatic rings. The molecule has 76 valence electrons. The van der Waals surface area contributed by atoms with Crippen molar-refractivity contribution >= 4 is 28.5 Å². The summed E-state index contributed by atoms with van der Waals surface area (Å²) in [5, 5.41) is 0. The average Bonchev–Trinajstić information content (AvgIpc) is 2.16. The quantitative estimate of drug-likeness (QED) is 0.857. The molecule has 0 bridgehead atoms. The molecule has 0 atom stereocenters. The summed E-state index contributed by atoms with van der Waals surface area (Å²) in [7, 11) is 0. The number of hydrogen-bond donors (Lipinski definition) is 1. The molecule has 0 radical (unpaired) electrons. The van der Waals surface area contributed by atoms with Gasteiger partial charge in [-0.05, 0) is 58.7 Å². The molecule has 3 heteroatoms. The first-order valence-corrected chi connectivity index (χ1v) is 5.79. The Labute approximate surface area is 98.0 Å². The Kier molecular flexibility index (Phi) is 3.92. The minimum absolute atomic E-state index is 0.326. The minimum atomic E-state index is -0.326. The highest BCUT2D eigenvalue weighted by Gasteiger charge is 2.12. The smallest absolute Gasteiger partial charge is 0.248 e. The van der Waals surface area contributed by atoms with Crippen molar-refractivity contribution in [2.24, 2.45) is 5.73 Å². The molecule has 0 aliphatic carbocycles. The second-order valence-electron chi connectivity index (χ2n) is 3.12. The highest BCUT2D eigenvalue weighted by atomic mass is 127. The van der Waals surface area contributed by atoms with E-state index in [1.807, 2.05) is 12.1 Å². The van der Waals surface area contributed by atoms with Crippen molar-refractivity contribution in [2.75, 3.05) is 0 Å². The molecule has 0 saturated heterocycles. The fraction of sp³-hybridized carbons (Fsp3) is 0.364. The lowest BCUT2D eigenvalue weighted by molar-refractivity contribution is 0.0999. The van der Waals surface area contributed by atoms with Crippen LogP contribution in [-0.2, 0) is 12.8 Å². The summed E-state index contributed by atoms with van der Waals surface area (Å²) in [4.78, 5) is 11.2. The van der Waals surface area contributed by atoms with Gasteiger partial charge in [0.1, 0.15) is 0 Å². The van der Waals surface area contributed by atoms with Gasteiger partial charge in [-0.3, -0.25) is 4.79 Å². The van der Waals surface area contributed by atoms with Gasteiger partial charge in [-0.15, -0.1) is 0 Å². The SMILES string of the molecule is CCc1c(I)ccc(C(N)=O)c1CC. The second-order valence-corrected chi connectivity index (χ2v) is 4.29. The average molecular weight is 303 g/mol. The Morgan fingerprint density at radius 1 is 1.29 bits per heavy atom. The first-order chi connectivity index (χ1) is 6.61. The van der Waals surface area contributed by atoms with Crippen LogP contribution in [0.15, 0.2) is 12.1 Å². The zero-order valence-corrected chi connectivity index (χ0v) is 10.6. The minimum Gasteiger partial charge on any atom is -0.366 e. The van der Waals surface area contributed by atoms with E-state index in [9.17, 15) is 4.79 Å². The van der Waals surface area contributed by atoms with E-state index >= 15 is 0 Å². The van der Waals surface area contributed by atoms with Gasteiger partial charge in [-0.1, -0.05) is 13.8 Å². The van der Waals surface area contributed by atoms with Gasteiger partial charge >= 0.3 is 0 Å². The molecule has 0 fully saturated rings. The first kappa shape index (κ1) is 11.5. The van der Waals surface area contributed by atoms with Crippen LogP contribution in [0.25, 0.3) is 0 Å². The summed E-state index contributed by atoms with van der Waals surface area (Å²) in [5.74, 6) is -0.326. The lowest BCUT2D eigenvalue weighted by atomic mass is 9.97. The number of amides is 1. The third-order valence-electron chi connectivity index (χ3n) is 2.35. The molecule has 0 aliphatic heterocycles. The Morgan fingerprint density at radius 3 is 2.29 bits per heavy atom. The van der Waals surface area contributed by atoms with Crippen LogP contribution < -0.4 is 5.73 Å². The zero-order chi connectivity index (χ0) is 10.7. The van der Waals surface area contributed by atoms with Gasteiger partial charge in [0.15, 0.2) is 0 Å². The predicted octanol–water partition coefficient (Wildman–Crippen LogP) is 2.51. The van der Waals surface area contributed by atoms with Gasteiger partial charge in [0.2, 0.25) is 5.91 Å². The monoisotopic (exact) mass is 303 g/mol. The first-order valence-electron chi connectivity index (χ1n) is 4.71. The summed E-state index contributed by atoms with van der Waals surface area (Å²) >= 11 is 2.30. The number of carbonyl (C=O) groups is 1. The van der Waals surface area contributed by atoms with E-state index < -0.39 is 0 Å². The lowest BCUT2D eigenvalue weighted by Gasteiger charge is -2.11. The molecule has 1 rings (SSSR count). The van der Waals surface area contributed by atoms with Crippen LogP contribution in [0.4, 0.5) is 0 Å². The Hall–Kier alpha value is -0.580. The summed E-state index contributed by atoms with van der Waals surface area (Å²) in [6.45, 7) is 4.15. The molecule has 0 spiro atoms. The van der Waals surface area contributed by atoms with Crippen molar-refractivity contribution < 1.29 is 4.79 Å². The van der Waals surface area contributed by atoms with Crippen molar-refractivity contribution in [1.82, 2.24) is 0 Å². The van der Waals surface area contributed by atoms with E-state index in [0.717, 1.165) is 18.4 Å². The fourth-order valence-electron chi connectivity index (χ4n) is 1.68. The van der Waals surface area contributed by atoms with Crippen LogP contribution in [0.3, 0.4) is 0 Å². The Bertz CT molecular complexity index is 361. The maximum absolute atomic E-state index is 11.2. The Balaban J connectivity index is 3.40. The molecular weight excluding hydrogens is 289 g/mol. The topological polar surface area (TPSA) is 43.1 Å². The highest BCUT2D eigenvalue weighted by Crippen LogP contribution is 2.22. The van der Waals surface area contributed by atoms with Crippen LogP contribution in [0.2, 0.25) is 0 Å². The molecule has 1 amide bonds. The standard InChI is InChI=1S/C11H14INO/c1-3-7-8(4-2)10(12)6-5-9(7)11(13)14/h5-6H,3-4H2,1-2H3,(H2,13,14). The second kappa shape index (κ2) is 4.77. The lowest BCUT2D eigenvalue weighted by Crippen LogP contribution is -2.15. The highest BCUT2D eigenvalue weighted by molar-refractivity contribution is 14.1. The van der Waals surface area contributed by atoms with Gasteiger partial charge in [-0.25, -0.2) is 0 Å². The molecule has 0 aliphatic rings. The van der Waals surface area contributed by atoms with Crippen LogP contribution in [0.1, 0.15) is 35.3 Å². The summed E-state index contributed by atoms with van der Waals surface area (Å²) in [5.41, 5.74) is 8.35. The van der Waals surface area contributed by atoms with E-state index in [1.54, 1.807) is 0 Å². The summed E-state index contributed by atoms with van der Waals surface area (Å²) in [6.07, 6.45) is 1.81. The van der Waals surface area contributed by atoms with Gasteiger partial charge in [-0.2, -0.15) is 0 Å². The van der Waals surface area contributed by atoms with Gasteiger partial charge in [0.25, 0.3) is 0 Å². The van der Waals surface area contributed by atoms with Crippen LogP contribution in [0, 0.1) is 3.57 Å². The predicted molar refractivity (Wildman–Crippen MR) is 66.4 cm³/mol. The number of primary amides is 1. The van der Waals surface area contributed by atoms with Crippen LogP contribution >= 0.6 is 22.6 Å². The van der Waals surface area contributed by atoms with Crippen LogP contribution in [-0.4, -0.2) is 5.91 Å². The van der Waals surface area contributed by atoms with E-state index in [0.29, 0.717) is 5.56 Å². The number of nitrogens with two attached hydrogens (primary N) is 1. The zero-order valence-electron chi connectivity index (χ0n) is 8.43. The van der Waals surface area contributed by atoms with Gasteiger partial charge in [0, 0.05) is 9.13 Å². The van der Waals surface area contributed by atoms with Gasteiger partial charge < -0.3 is 5.73 Å². The maximum atomic E-state index is 11.2. The van der Waals surface area contributed by atoms with Crippen molar-refractivity contribution in [3.63, 3.8) is 0 Å². The molecule has 2 nitrogen and oxygen atoms in total. The fourth-order valence-corrected chi connectivity index (χ4v) is 2.57. The molecule has 0 saturated carbocycles. The van der Waals surface area contributed by atoms with Crippen molar-refractivity contribution in [3.8, 4) is 0 Å². The van der Waals surface area contributed by atoms with Crippen molar-refractivity contribution in [2.45, 2.75) is 26.7 Å². The normalized spacial score (nSPS) is 10.2. The van der Waals surface area contributed by atoms with E-state index in [1.165, 1.54) is 9.13 Å². The van der Waals surface area contributed by atoms with E-state index in [2.05, 4.69) is 36.4 Å². The largest absolute Gasteiger partial charge is 0.366 e. The van der Waals surface area contributed by atoms with E-state index in [4.69, 9.17) is 5.73 Å². The molecular formula is C11H14INO.